The maximum Gasteiger partial charge on any atom is 0.326 e. The Kier molecular flexibility index (Phi) is 4.20. The molecule has 0 radical (unpaired) electrons. The standard InChI is InChI=1S/C11H11NO4/c13-7-12-9(11(15)16)6-10(14)8-4-2-1-3-5-8/h1-5,7,9H,6H2,(H,12,13)(H,15,16). The normalized spacial score (nSPS) is 11.5. The minimum absolute atomic E-state index is 0.252. The van der Waals surface area contributed by atoms with Crippen molar-refractivity contribution in [1.82, 2.24) is 5.32 Å². The molecule has 0 bridgehead atoms. The number of hydrogen-bond donors (Lipinski definition) is 2. The maximum atomic E-state index is 11.6. The lowest BCUT2D eigenvalue weighted by molar-refractivity contribution is -0.140. The van der Waals surface area contributed by atoms with Crippen LogP contribution in [0.5, 0.6) is 0 Å². The molecule has 1 aromatic rings. The number of nitrogens with one attached hydrogen (secondary N) is 1. The summed E-state index contributed by atoms with van der Waals surface area (Å²) in [4.78, 5) is 32.4. The van der Waals surface area contributed by atoms with E-state index in [1.165, 1.54) is 0 Å². The van der Waals surface area contributed by atoms with Gasteiger partial charge in [0.05, 0.1) is 0 Å². The summed E-state index contributed by atoms with van der Waals surface area (Å²) in [6.07, 6.45) is 0.0230. The van der Waals surface area contributed by atoms with Crippen molar-refractivity contribution in [3.63, 3.8) is 0 Å². The van der Waals surface area contributed by atoms with Crippen molar-refractivity contribution in [3.05, 3.63) is 35.9 Å². The third-order valence-electron chi connectivity index (χ3n) is 2.05. The van der Waals surface area contributed by atoms with E-state index in [1.807, 2.05) is 0 Å². The highest BCUT2D eigenvalue weighted by Crippen LogP contribution is 2.05. The number of carbonyl (C=O) groups is 3. The van der Waals surface area contributed by atoms with Crippen molar-refractivity contribution in [2.45, 2.75) is 12.5 Å². The zero-order chi connectivity index (χ0) is 12.0. The van der Waals surface area contributed by atoms with E-state index in [2.05, 4.69) is 5.32 Å². The van der Waals surface area contributed by atoms with E-state index in [0.29, 0.717) is 5.56 Å². The predicted octanol–water partition coefficient (Wildman–Crippen LogP) is 0.459. The molecule has 1 unspecified atom stereocenters. The molecule has 1 rings (SSSR count). The molecule has 84 valence electrons. The Hall–Kier alpha value is -2.17. The first-order valence-electron chi connectivity index (χ1n) is 4.66. The number of rotatable bonds is 6. The molecule has 0 aliphatic heterocycles. The van der Waals surface area contributed by atoms with Crippen LogP contribution in [0, 0.1) is 0 Å². The van der Waals surface area contributed by atoms with Crippen LogP contribution in [0.1, 0.15) is 16.8 Å². The van der Waals surface area contributed by atoms with Crippen LogP contribution in [0.25, 0.3) is 0 Å². The van der Waals surface area contributed by atoms with Gasteiger partial charge >= 0.3 is 5.97 Å². The summed E-state index contributed by atoms with van der Waals surface area (Å²) < 4.78 is 0. The number of ketones is 1. The van der Waals surface area contributed by atoms with E-state index >= 15 is 0 Å². The highest BCUT2D eigenvalue weighted by molar-refractivity contribution is 5.98. The molecule has 0 aliphatic carbocycles. The Bertz CT molecular complexity index is 388. The van der Waals surface area contributed by atoms with Gasteiger partial charge in [-0.1, -0.05) is 30.3 Å². The molecule has 5 nitrogen and oxygen atoms in total. The van der Waals surface area contributed by atoms with Gasteiger partial charge in [-0.05, 0) is 0 Å². The number of carbonyl (C=O) groups excluding carboxylic acids is 2. The van der Waals surface area contributed by atoms with Crippen LogP contribution in [0.4, 0.5) is 0 Å². The van der Waals surface area contributed by atoms with Gasteiger partial charge in [-0.15, -0.1) is 0 Å². The van der Waals surface area contributed by atoms with Crippen molar-refractivity contribution in [3.8, 4) is 0 Å². The number of carboxylic acid groups (broad SMARTS) is 1. The topological polar surface area (TPSA) is 83.5 Å². The van der Waals surface area contributed by atoms with Crippen molar-refractivity contribution >= 4 is 18.2 Å². The molecule has 0 aromatic heterocycles. The van der Waals surface area contributed by atoms with Gasteiger partial charge in [0.1, 0.15) is 6.04 Å². The summed E-state index contributed by atoms with van der Waals surface area (Å²) in [6.45, 7) is 0. The lowest BCUT2D eigenvalue weighted by Gasteiger charge is -2.09. The third-order valence-corrected chi connectivity index (χ3v) is 2.05. The van der Waals surface area contributed by atoms with Crippen molar-refractivity contribution in [2.75, 3.05) is 0 Å². The zero-order valence-electron chi connectivity index (χ0n) is 8.42. The Balaban J connectivity index is 2.69. The summed E-state index contributed by atoms with van der Waals surface area (Å²) >= 11 is 0. The van der Waals surface area contributed by atoms with Crippen molar-refractivity contribution < 1.29 is 19.5 Å². The van der Waals surface area contributed by atoms with Gasteiger partial charge in [0.15, 0.2) is 5.78 Å². The van der Waals surface area contributed by atoms with Crippen LogP contribution in [0.2, 0.25) is 0 Å². The van der Waals surface area contributed by atoms with E-state index in [9.17, 15) is 14.4 Å². The number of amides is 1. The molecular formula is C11H11NO4. The molecule has 0 saturated carbocycles. The van der Waals surface area contributed by atoms with E-state index in [4.69, 9.17) is 5.11 Å². The average molecular weight is 221 g/mol. The summed E-state index contributed by atoms with van der Waals surface area (Å²) in [5.41, 5.74) is 0.432. The SMILES string of the molecule is O=CNC(CC(=O)c1ccccc1)C(=O)O. The van der Waals surface area contributed by atoms with Crippen LogP contribution in [0.15, 0.2) is 30.3 Å². The second kappa shape index (κ2) is 5.65. The lowest BCUT2D eigenvalue weighted by Crippen LogP contribution is -2.37. The van der Waals surface area contributed by atoms with E-state index in [-0.39, 0.29) is 18.6 Å². The number of hydrogen-bond acceptors (Lipinski definition) is 3. The van der Waals surface area contributed by atoms with E-state index < -0.39 is 12.0 Å². The number of benzene rings is 1. The fourth-order valence-corrected chi connectivity index (χ4v) is 1.23. The molecule has 0 fully saturated rings. The van der Waals surface area contributed by atoms with Crippen LogP contribution >= 0.6 is 0 Å². The second-order valence-corrected chi connectivity index (χ2v) is 3.17. The first-order valence-corrected chi connectivity index (χ1v) is 4.66. The van der Waals surface area contributed by atoms with Crippen LogP contribution < -0.4 is 5.32 Å². The van der Waals surface area contributed by atoms with Gasteiger partial charge in [-0.25, -0.2) is 4.79 Å². The van der Waals surface area contributed by atoms with E-state index in [0.717, 1.165) is 0 Å². The summed E-state index contributed by atoms with van der Waals surface area (Å²) in [7, 11) is 0. The summed E-state index contributed by atoms with van der Waals surface area (Å²) in [5, 5.41) is 10.8. The molecule has 0 spiro atoms. The van der Waals surface area contributed by atoms with Crippen molar-refractivity contribution in [1.29, 1.82) is 0 Å². The van der Waals surface area contributed by atoms with Gasteiger partial charge in [0.25, 0.3) is 0 Å². The Labute approximate surface area is 92.1 Å². The largest absolute Gasteiger partial charge is 0.480 e. The number of Topliss-reactive ketones (excluding diaryl/α,β-unsaturated/α-hetero) is 1. The third kappa shape index (κ3) is 3.20. The molecule has 5 heteroatoms. The van der Waals surface area contributed by atoms with Gasteiger partial charge in [-0.2, -0.15) is 0 Å². The zero-order valence-corrected chi connectivity index (χ0v) is 8.42. The molecule has 16 heavy (non-hydrogen) atoms. The molecule has 1 atom stereocenters. The lowest BCUT2D eigenvalue weighted by atomic mass is 10.0. The van der Waals surface area contributed by atoms with Crippen LogP contribution in [-0.4, -0.2) is 29.3 Å². The molecule has 1 amide bonds. The average Bonchev–Trinajstić information content (AvgIpc) is 2.29. The molecule has 0 heterocycles. The fraction of sp³-hybridized carbons (Fsp3) is 0.182. The fourth-order valence-electron chi connectivity index (χ4n) is 1.23. The number of carboxylic acids is 1. The Morgan fingerprint density at radius 2 is 1.94 bits per heavy atom. The van der Waals surface area contributed by atoms with Gasteiger partial charge in [-0.3, -0.25) is 9.59 Å². The molecule has 2 N–H and O–H groups in total. The molecular weight excluding hydrogens is 210 g/mol. The van der Waals surface area contributed by atoms with E-state index in [1.54, 1.807) is 30.3 Å². The molecule has 1 aromatic carbocycles. The molecule has 0 saturated heterocycles. The number of aliphatic carboxylic acids is 1. The summed E-state index contributed by atoms with van der Waals surface area (Å²) in [5.74, 6) is -1.54. The van der Waals surface area contributed by atoms with Crippen molar-refractivity contribution in [2.24, 2.45) is 0 Å². The second-order valence-electron chi connectivity index (χ2n) is 3.17. The predicted molar refractivity (Wildman–Crippen MR) is 56.0 cm³/mol. The Morgan fingerprint density at radius 3 is 2.44 bits per heavy atom. The minimum Gasteiger partial charge on any atom is -0.480 e. The van der Waals surface area contributed by atoms with Gasteiger partial charge < -0.3 is 10.4 Å². The van der Waals surface area contributed by atoms with Crippen LogP contribution in [-0.2, 0) is 9.59 Å². The molecule has 0 aliphatic rings. The first kappa shape index (κ1) is 11.9. The van der Waals surface area contributed by atoms with Gasteiger partial charge in [0.2, 0.25) is 6.41 Å². The first-order chi connectivity index (χ1) is 7.65. The monoisotopic (exact) mass is 221 g/mol. The highest BCUT2D eigenvalue weighted by atomic mass is 16.4. The maximum absolute atomic E-state index is 11.6. The highest BCUT2D eigenvalue weighted by Gasteiger charge is 2.20. The van der Waals surface area contributed by atoms with Gasteiger partial charge in [0, 0.05) is 12.0 Å². The van der Waals surface area contributed by atoms with Crippen LogP contribution in [0.3, 0.4) is 0 Å². The summed E-state index contributed by atoms with van der Waals surface area (Å²) in [6, 6.07) is 7.16. The minimum atomic E-state index is -1.23. The smallest absolute Gasteiger partial charge is 0.326 e. The quantitative estimate of drug-likeness (QED) is 0.540. The Morgan fingerprint density at radius 1 is 1.31 bits per heavy atom.